The van der Waals surface area contributed by atoms with Gasteiger partial charge in [-0.2, -0.15) is 5.26 Å². The second kappa shape index (κ2) is 5.55. The number of nitrogens with zero attached hydrogens (tertiary/aromatic N) is 2. The fourth-order valence-electron chi connectivity index (χ4n) is 2.84. The van der Waals surface area contributed by atoms with Crippen molar-refractivity contribution in [1.29, 1.82) is 5.26 Å². The quantitative estimate of drug-likeness (QED) is 0.886. The first kappa shape index (κ1) is 13.6. The zero-order valence-corrected chi connectivity index (χ0v) is 12.3. The van der Waals surface area contributed by atoms with Crippen LogP contribution in [0.2, 0.25) is 0 Å². The highest BCUT2D eigenvalue weighted by Gasteiger charge is 2.15. The summed E-state index contributed by atoms with van der Waals surface area (Å²) in [5.41, 5.74) is 6.18. The molecule has 1 aliphatic rings. The van der Waals surface area contributed by atoms with Crippen molar-refractivity contribution in [3.05, 3.63) is 52.2 Å². The van der Waals surface area contributed by atoms with Crippen LogP contribution in [0.25, 0.3) is 0 Å². The third-order valence-electron chi connectivity index (χ3n) is 3.85. The van der Waals surface area contributed by atoms with Gasteiger partial charge in [0.2, 0.25) is 0 Å². The highest BCUT2D eigenvalue weighted by Crippen LogP contribution is 2.28. The van der Waals surface area contributed by atoms with Gasteiger partial charge < -0.3 is 10.6 Å². The van der Waals surface area contributed by atoms with Crippen LogP contribution in [-0.2, 0) is 13.0 Å². The van der Waals surface area contributed by atoms with Gasteiger partial charge in [-0.1, -0.05) is 12.1 Å². The molecular weight excluding hydrogens is 260 g/mol. The number of rotatable bonds is 2. The molecule has 0 unspecified atom stereocenters. The number of hydrogen-bond donors (Lipinski definition) is 2. The zero-order chi connectivity index (χ0) is 14.8. The molecule has 106 valence electrons. The van der Waals surface area contributed by atoms with Gasteiger partial charge in [0.15, 0.2) is 0 Å². The number of aromatic nitrogens is 1. The lowest BCUT2D eigenvalue weighted by Crippen LogP contribution is -2.24. The minimum absolute atomic E-state index is 0.618. The fraction of sp³-hybridized carbons (Fsp3) is 0.294. The Hall–Kier alpha value is -2.38. The van der Waals surface area contributed by atoms with E-state index < -0.39 is 0 Å². The maximum absolute atomic E-state index is 9.37. The molecule has 0 fully saturated rings. The molecule has 2 N–H and O–H groups in total. The topological polar surface area (TPSA) is 60.7 Å². The molecule has 0 aliphatic carbocycles. The smallest absolute Gasteiger partial charge is 0.148 e. The van der Waals surface area contributed by atoms with Crippen LogP contribution in [0.15, 0.2) is 24.3 Å². The second-order valence-electron chi connectivity index (χ2n) is 5.41. The van der Waals surface area contributed by atoms with Gasteiger partial charge >= 0.3 is 0 Å². The van der Waals surface area contributed by atoms with Crippen LogP contribution in [-0.4, -0.2) is 11.5 Å². The van der Waals surface area contributed by atoms with Crippen molar-refractivity contribution in [3.8, 4) is 6.07 Å². The molecule has 1 aromatic carbocycles. The van der Waals surface area contributed by atoms with Crippen LogP contribution in [0.5, 0.6) is 0 Å². The average molecular weight is 278 g/mol. The van der Waals surface area contributed by atoms with Gasteiger partial charge in [-0.15, -0.1) is 0 Å². The van der Waals surface area contributed by atoms with Crippen LogP contribution >= 0.6 is 0 Å². The summed E-state index contributed by atoms with van der Waals surface area (Å²) >= 11 is 0. The first-order chi connectivity index (χ1) is 10.2. The van der Waals surface area contributed by atoms with Crippen molar-refractivity contribution in [2.75, 3.05) is 11.9 Å². The van der Waals surface area contributed by atoms with Crippen LogP contribution < -0.4 is 10.6 Å². The van der Waals surface area contributed by atoms with E-state index in [1.54, 1.807) is 0 Å². The van der Waals surface area contributed by atoms with Gasteiger partial charge in [-0.05, 0) is 55.6 Å². The van der Waals surface area contributed by atoms with Crippen molar-refractivity contribution in [3.63, 3.8) is 0 Å². The number of nitrogens with one attached hydrogen (secondary N) is 2. The van der Waals surface area contributed by atoms with Crippen LogP contribution in [0.1, 0.15) is 27.9 Å². The molecule has 3 rings (SSSR count). The van der Waals surface area contributed by atoms with E-state index in [0.717, 1.165) is 36.5 Å². The lowest BCUT2D eigenvalue weighted by Gasteiger charge is -2.21. The lowest BCUT2D eigenvalue weighted by atomic mass is 9.99. The van der Waals surface area contributed by atoms with E-state index >= 15 is 0 Å². The Morgan fingerprint density at radius 2 is 2.19 bits per heavy atom. The molecule has 0 saturated carbocycles. The van der Waals surface area contributed by atoms with Crippen LogP contribution in [0.3, 0.4) is 0 Å². The average Bonchev–Trinajstić information content (AvgIpc) is 2.47. The molecule has 2 aromatic rings. The highest BCUT2D eigenvalue weighted by molar-refractivity contribution is 5.68. The second-order valence-corrected chi connectivity index (χ2v) is 5.41. The number of nitriles is 1. The monoisotopic (exact) mass is 278 g/mol. The van der Waals surface area contributed by atoms with E-state index in [4.69, 9.17) is 0 Å². The van der Waals surface area contributed by atoms with E-state index in [9.17, 15) is 5.26 Å². The Kier molecular flexibility index (Phi) is 3.59. The summed E-state index contributed by atoms with van der Waals surface area (Å²) in [6.07, 6.45) is 0.991. The normalized spacial score (nSPS) is 13.4. The minimum atomic E-state index is 0.618. The number of fused-ring (bicyclic) bond motifs is 1. The van der Waals surface area contributed by atoms with Gasteiger partial charge in [-0.3, -0.25) is 0 Å². The predicted molar refractivity (Wildman–Crippen MR) is 83.6 cm³/mol. The Labute approximate surface area is 124 Å². The predicted octanol–water partition coefficient (Wildman–Crippen LogP) is 2.96. The lowest BCUT2D eigenvalue weighted by molar-refractivity contribution is 0.645. The molecule has 4 heteroatoms. The van der Waals surface area contributed by atoms with E-state index in [1.807, 2.05) is 26.0 Å². The third-order valence-corrected chi connectivity index (χ3v) is 3.85. The molecule has 0 bridgehead atoms. The van der Waals surface area contributed by atoms with Gasteiger partial charge in [0.1, 0.15) is 11.9 Å². The van der Waals surface area contributed by atoms with Crippen LogP contribution in [0.4, 0.5) is 11.5 Å². The SMILES string of the molecule is Cc1cc(C)c(C#N)c(Nc2cccc3c2CCNC3)n1. The fourth-order valence-corrected chi connectivity index (χ4v) is 2.84. The summed E-state index contributed by atoms with van der Waals surface area (Å²) in [5.74, 6) is 0.655. The molecule has 0 radical (unpaired) electrons. The summed E-state index contributed by atoms with van der Waals surface area (Å²) in [7, 11) is 0. The van der Waals surface area contributed by atoms with E-state index in [0.29, 0.717) is 11.4 Å². The van der Waals surface area contributed by atoms with Crippen molar-refractivity contribution < 1.29 is 0 Å². The zero-order valence-electron chi connectivity index (χ0n) is 12.3. The van der Waals surface area contributed by atoms with Crippen LogP contribution in [0, 0.1) is 25.2 Å². The number of anilines is 2. The minimum Gasteiger partial charge on any atom is -0.339 e. The summed E-state index contributed by atoms with van der Waals surface area (Å²) in [6.45, 7) is 5.78. The first-order valence-corrected chi connectivity index (χ1v) is 7.16. The molecule has 0 spiro atoms. The van der Waals surface area contributed by atoms with Gasteiger partial charge in [0.25, 0.3) is 0 Å². The third kappa shape index (κ3) is 2.61. The van der Waals surface area contributed by atoms with Crippen molar-refractivity contribution in [2.24, 2.45) is 0 Å². The van der Waals surface area contributed by atoms with E-state index in [2.05, 4.69) is 33.8 Å². The Morgan fingerprint density at radius 1 is 1.33 bits per heavy atom. The Morgan fingerprint density at radius 3 is 3.00 bits per heavy atom. The molecule has 1 aliphatic heterocycles. The molecule has 0 amide bonds. The van der Waals surface area contributed by atoms with Crippen molar-refractivity contribution in [1.82, 2.24) is 10.3 Å². The van der Waals surface area contributed by atoms with Gasteiger partial charge in [0.05, 0.1) is 5.56 Å². The maximum atomic E-state index is 9.37. The highest BCUT2D eigenvalue weighted by atomic mass is 15.0. The first-order valence-electron chi connectivity index (χ1n) is 7.16. The standard InChI is InChI=1S/C17H18N4/c1-11-8-12(2)20-17(15(11)9-18)21-16-5-3-4-13-10-19-7-6-14(13)16/h3-5,8,19H,6-7,10H2,1-2H3,(H,20,21). The Bertz CT molecular complexity index is 728. The summed E-state index contributed by atoms with van der Waals surface area (Å²) in [6, 6.07) is 10.4. The number of hydrogen-bond acceptors (Lipinski definition) is 4. The molecule has 0 atom stereocenters. The molecule has 0 saturated heterocycles. The number of aryl methyl sites for hydroxylation is 2. The summed E-state index contributed by atoms with van der Waals surface area (Å²) < 4.78 is 0. The number of benzene rings is 1. The van der Waals surface area contributed by atoms with Gasteiger partial charge in [-0.25, -0.2) is 4.98 Å². The van der Waals surface area contributed by atoms with Gasteiger partial charge in [0, 0.05) is 17.9 Å². The van der Waals surface area contributed by atoms with E-state index in [-0.39, 0.29) is 0 Å². The molecular formula is C17H18N4. The molecule has 2 heterocycles. The molecule has 1 aromatic heterocycles. The van der Waals surface area contributed by atoms with Crippen molar-refractivity contribution in [2.45, 2.75) is 26.8 Å². The number of pyridine rings is 1. The molecule has 4 nitrogen and oxygen atoms in total. The van der Waals surface area contributed by atoms with Crippen molar-refractivity contribution >= 4 is 11.5 Å². The largest absolute Gasteiger partial charge is 0.339 e. The molecule has 21 heavy (non-hydrogen) atoms. The summed E-state index contributed by atoms with van der Waals surface area (Å²) in [4.78, 5) is 4.50. The Balaban J connectivity index is 2.04. The maximum Gasteiger partial charge on any atom is 0.148 e. The summed E-state index contributed by atoms with van der Waals surface area (Å²) in [5, 5.41) is 16.1. The van der Waals surface area contributed by atoms with E-state index in [1.165, 1.54) is 11.1 Å².